The Labute approximate surface area is 165 Å². The van der Waals surface area contributed by atoms with Gasteiger partial charge in [0.05, 0.1) is 40.5 Å². The van der Waals surface area contributed by atoms with Crippen molar-refractivity contribution in [2.75, 3.05) is 7.11 Å². The zero-order valence-corrected chi connectivity index (χ0v) is 15.6. The summed E-state index contributed by atoms with van der Waals surface area (Å²) in [6.07, 6.45) is 0. The highest BCUT2D eigenvalue weighted by atomic mass is 16.5. The van der Waals surface area contributed by atoms with Crippen molar-refractivity contribution in [3.63, 3.8) is 0 Å². The molecule has 0 aliphatic heterocycles. The number of aromatic nitrogens is 2. The fraction of sp³-hybridized carbons (Fsp3) is 0.0417. The van der Waals surface area contributed by atoms with E-state index in [2.05, 4.69) is 4.98 Å². The Hall–Kier alpha value is -3.99. The Bertz CT molecular complexity index is 1480. The van der Waals surface area contributed by atoms with Gasteiger partial charge in [0.2, 0.25) is 0 Å². The number of carbonyl (C=O) groups is 1. The number of fused-ring (bicyclic) bond motifs is 4. The lowest BCUT2D eigenvalue weighted by Crippen LogP contribution is -2.20. The van der Waals surface area contributed by atoms with E-state index >= 15 is 0 Å². The molecule has 140 valence electrons. The highest BCUT2D eigenvalue weighted by Crippen LogP contribution is 2.24. The van der Waals surface area contributed by atoms with Crippen LogP contribution in [0.15, 0.2) is 83.7 Å². The number of esters is 1. The zero-order valence-electron chi connectivity index (χ0n) is 15.6. The zero-order chi connectivity index (χ0) is 20.0. The van der Waals surface area contributed by atoms with Gasteiger partial charge in [-0.05, 0) is 35.7 Å². The number of pyridine rings is 3. The van der Waals surface area contributed by atoms with Gasteiger partial charge in [0.15, 0.2) is 0 Å². The van der Waals surface area contributed by atoms with Gasteiger partial charge in [-0.15, -0.1) is 0 Å². The molecule has 0 aliphatic carbocycles. The van der Waals surface area contributed by atoms with Crippen LogP contribution in [0.25, 0.3) is 38.6 Å². The van der Waals surface area contributed by atoms with Gasteiger partial charge in [-0.1, -0.05) is 48.5 Å². The summed E-state index contributed by atoms with van der Waals surface area (Å²) in [7, 11) is 1.33. The van der Waals surface area contributed by atoms with E-state index in [0.29, 0.717) is 22.3 Å². The first-order valence-electron chi connectivity index (χ1n) is 9.19. The third kappa shape index (κ3) is 2.67. The topological polar surface area (TPSA) is 60.7 Å². The molecule has 5 aromatic rings. The van der Waals surface area contributed by atoms with Crippen LogP contribution in [-0.4, -0.2) is 22.5 Å². The van der Waals surface area contributed by atoms with Crippen LogP contribution in [0, 0.1) is 0 Å². The number of para-hydroxylation sites is 2. The average molecular weight is 380 g/mol. The van der Waals surface area contributed by atoms with Gasteiger partial charge in [0, 0.05) is 5.39 Å². The van der Waals surface area contributed by atoms with E-state index in [1.807, 2.05) is 60.7 Å². The molecule has 0 aliphatic rings. The molecule has 5 heteroatoms. The number of rotatable bonds is 2. The molecule has 2 aromatic carbocycles. The molecule has 0 saturated carbocycles. The summed E-state index contributed by atoms with van der Waals surface area (Å²) in [6, 6.07) is 24.2. The van der Waals surface area contributed by atoms with Gasteiger partial charge < -0.3 is 4.74 Å². The van der Waals surface area contributed by atoms with E-state index in [1.165, 1.54) is 7.11 Å². The molecule has 0 bridgehead atoms. The Balaban J connectivity index is 1.92. The monoisotopic (exact) mass is 380 g/mol. The van der Waals surface area contributed by atoms with Crippen molar-refractivity contribution in [2.24, 2.45) is 0 Å². The Morgan fingerprint density at radius 2 is 1.59 bits per heavy atom. The summed E-state index contributed by atoms with van der Waals surface area (Å²) in [5, 5.41) is 1.89. The lowest BCUT2D eigenvalue weighted by atomic mass is 10.1. The maximum atomic E-state index is 13.5. The van der Waals surface area contributed by atoms with E-state index in [0.717, 1.165) is 21.8 Å². The molecule has 0 saturated heterocycles. The summed E-state index contributed by atoms with van der Waals surface area (Å²) in [5.41, 5.74) is 2.97. The van der Waals surface area contributed by atoms with Crippen LogP contribution in [0.2, 0.25) is 0 Å². The first-order valence-corrected chi connectivity index (χ1v) is 9.19. The van der Waals surface area contributed by atoms with Crippen molar-refractivity contribution < 1.29 is 9.53 Å². The van der Waals surface area contributed by atoms with Crippen molar-refractivity contribution in [1.82, 2.24) is 9.38 Å². The second kappa shape index (κ2) is 6.56. The van der Waals surface area contributed by atoms with Gasteiger partial charge in [-0.25, -0.2) is 9.78 Å². The predicted octanol–water partition coefficient (Wildman–Crippen LogP) is 4.45. The Kier molecular flexibility index (Phi) is 3.88. The highest BCUT2D eigenvalue weighted by Gasteiger charge is 2.19. The van der Waals surface area contributed by atoms with Crippen LogP contribution in [0.3, 0.4) is 0 Å². The number of nitrogens with zero attached hydrogens (tertiary/aromatic N) is 2. The number of carbonyl (C=O) groups excluding carboxylic acids is 1. The molecule has 0 amide bonds. The Morgan fingerprint density at radius 1 is 0.862 bits per heavy atom. The molecule has 0 atom stereocenters. The maximum Gasteiger partial charge on any atom is 0.340 e. The number of hydrogen-bond donors (Lipinski definition) is 0. The summed E-state index contributed by atoms with van der Waals surface area (Å²) in [5.74, 6) is -0.500. The minimum absolute atomic E-state index is 0.229. The summed E-state index contributed by atoms with van der Waals surface area (Å²) in [4.78, 5) is 30.7. The summed E-state index contributed by atoms with van der Waals surface area (Å²) < 4.78 is 6.55. The molecule has 5 nitrogen and oxygen atoms in total. The average Bonchev–Trinajstić information content (AvgIpc) is 2.78. The first-order chi connectivity index (χ1) is 14.2. The number of hydrogen-bond acceptors (Lipinski definition) is 4. The quantitative estimate of drug-likeness (QED) is 0.335. The highest BCUT2D eigenvalue weighted by molar-refractivity contribution is 6.00. The fourth-order valence-electron chi connectivity index (χ4n) is 3.71. The van der Waals surface area contributed by atoms with Crippen LogP contribution in [0.4, 0.5) is 0 Å². The van der Waals surface area contributed by atoms with Gasteiger partial charge in [0.1, 0.15) is 0 Å². The fourth-order valence-corrected chi connectivity index (χ4v) is 3.71. The van der Waals surface area contributed by atoms with Gasteiger partial charge in [-0.2, -0.15) is 0 Å². The first kappa shape index (κ1) is 17.1. The number of ether oxygens (including phenoxy) is 1. The molecule has 5 rings (SSSR count). The van der Waals surface area contributed by atoms with Crippen molar-refractivity contribution in [3.05, 3.63) is 94.8 Å². The lowest BCUT2D eigenvalue weighted by molar-refractivity contribution is 0.0602. The molecule has 0 fully saturated rings. The summed E-state index contributed by atoms with van der Waals surface area (Å²) in [6.45, 7) is 0. The van der Waals surface area contributed by atoms with Crippen molar-refractivity contribution in [3.8, 4) is 11.3 Å². The van der Waals surface area contributed by atoms with Crippen molar-refractivity contribution in [2.45, 2.75) is 0 Å². The molecule has 0 radical (unpaired) electrons. The van der Waals surface area contributed by atoms with E-state index in [4.69, 9.17) is 4.74 Å². The molecule has 3 heterocycles. The molecule has 0 unspecified atom stereocenters. The van der Waals surface area contributed by atoms with E-state index < -0.39 is 5.97 Å². The SMILES string of the molecule is COC(=O)c1cc(-c2ccc3ccccc3n2)c(=O)n2c1ccc1ccccc12. The number of methoxy groups -OCH3 is 1. The molecule has 3 aromatic heterocycles. The van der Waals surface area contributed by atoms with Crippen molar-refractivity contribution in [1.29, 1.82) is 0 Å². The smallest absolute Gasteiger partial charge is 0.340 e. The standard InChI is InChI=1S/C24H16N2O3/c1-29-24(28)18-14-17(20-12-10-15-6-2-4-8-19(15)25-20)23(27)26-21-9-5-3-7-16(21)11-13-22(18)26/h2-14H,1H3. The number of benzene rings is 2. The van der Waals surface area contributed by atoms with Crippen LogP contribution in [0.5, 0.6) is 0 Å². The van der Waals surface area contributed by atoms with Gasteiger partial charge in [0.25, 0.3) is 5.56 Å². The molecular formula is C24H16N2O3. The van der Waals surface area contributed by atoms with Crippen LogP contribution >= 0.6 is 0 Å². The van der Waals surface area contributed by atoms with Gasteiger partial charge in [-0.3, -0.25) is 9.20 Å². The molecule has 0 spiro atoms. The third-order valence-electron chi connectivity index (χ3n) is 5.12. The van der Waals surface area contributed by atoms with E-state index in [1.54, 1.807) is 22.6 Å². The van der Waals surface area contributed by atoms with Crippen LogP contribution in [0.1, 0.15) is 10.4 Å². The van der Waals surface area contributed by atoms with E-state index in [-0.39, 0.29) is 5.56 Å². The minimum atomic E-state index is -0.500. The Morgan fingerprint density at radius 3 is 2.41 bits per heavy atom. The normalized spacial score (nSPS) is 11.2. The predicted molar refractivity (Wildman–Crippen MR) is 113 cm³/mol. The molecule has 29 heavy (non-hydrogen) atoms. The second-order valence-corrected chi connectivity index (χ2v) is 6.77. The lowest BCUT2D eigenvalue weighted by Gasteiger charge is -2.12. The van der Waals surface area contributed by atoms with Crippen LogP contribution < -0.4 is 5.56 Å². The van der Waals surface area contributed by atoms with Gasteiger partial charge >= 0.3 is 5.97 Å². The van der Waals surface area contributed by atoms with E-state index in [9.17, 15) is 9.59 Å². The third-order valence-corrected chi connectivity index (χ3v) is 5.12. The molecular weight excluding hydrogens is 364 g/mol. The molecule has 0 N–H and O–H groups in total. The van der Waals surface area contributed by atoms with Crippen LogP contribution in [-0.2, 0) is 4.74 Å². The largest absolute Gasteiger partial charge is 0.465 e. The second-order valence-electron chi connectivity index (χ2n) is 6.77. The maximum absolute atomic E-state index is 13.5. The minimum Gasteiger partial charge on any atom is -0.465 e. The van der Waals surface area contributed by atoms with Crippen molar-refractivity contribution >= 4 is 33.3 Å². The summed E-state index contributed by atoms with van der Waals surface area (Å²) >= 11 is 0.